The van der Waals surface area contributed by atoms with Gasteiger partial charge in [0.2, 0.25) is 5.91 Å². The molecule has 0 radical (unpaired) electrons. The van der Waals surface area contributed by atoms with Crippen molar-refractivity contribution in [2.24, 2.45) is 11.7 Å². The number of carbonyl (C=O) groups is 5. The largest absolute Gasteiger partial charge is 0.363 e. The summed E-state index contributed by atoms with van der Waals surface area (Å²) in [5.41, 5.74) is 5.02. The highest BCUT2D eigenvalue weighted by atomic mass is 32.1. The van der Waals surface area contributed by atoms with Gasteiger partial charge in [-0.25, -0.2) is 4.79 Å². The van der Waals surface area contributed by atoms with Crippen LogP contribution in [-0.4, -0.2) is 71.3 Å². The number of imide groups is 1. The highest BCUT2D eigenvalue weighted by Crippen LogP contribution is 2.06. The summed E-state index contributed by atoms with van der Waals surface area (Å²) in [6.07, 6.45) is 4.65. The molecule has 1 rings (SSSR count). The van der Waals surface area contributed by atoms with Crippen LogP contribution in [0.3, 0.4) is 0 Å². The summed E-state index contributed by atoms with van der Waals surface area (Å²) < 4.78 is 0. The second-order valence-corrected chi connectivity index (χ2v) is 8.50. The van der Waals surface area contributed by atoms with E-state index in [1.165, 1.54) is 24.0 Å². The number of urea groups is 1. The number of carbonyl (C=O) groups excluding carboxylic acids is 5. The van der Waals surface area contributed by atoms with Crippen molar-refractivity contribution >= 4 is 46.9 Å². The summed E-state index contributed by atoms with van der Waals surface area (Å²) >= 11 is 5.29. The van der Waals surface area contributed by atoms with E-state index in [0.29, 0.717) is 50.4 Å². The molecule has 1 aliphatic heterocycles. The van der Waals surface area contributed by atoms with Gasteiger partial charge in [0.25, 0.3) is 11.8 Å². The van der Waals surface area contributed by atoms with Crippen LogP contribution in [0.25, 0.3) is 0 Å². The van der Waals surface area contributed by atoms with Gasteiger partial charge < -0.3 is 27.0 Å². The number of nitrogens with one attached hydrogen (secondary N) is 4. The molecule has 0 aromatic carbocycles. The van der Waals surface area contributed by atoms with Crippen molar-refractivity contribution in [3.63, 3.8) is 0 Å². The molecule has 0 saturated heterocycles. The van der Waals surface area contributed by atoms with Gasteiger partial charge in [-0.2, -0.15) is 0 Å². The quantitative estimate of drug-likeness (QED) is 0.128. The van der Waals surface area contributed by atoms with E-state index in [1.54, 1.807) is 0 Å². The number of primary amides is 1. The van der Waals surface area contributed by atoms with Crippen LogP contribution in [0.15, 0.2) is 12.2 Å². The molecule has 0 unspecified atom stereocenters. The fourth-order valence-corrected chi connectivity index (χ4v) is 3.36. The Labute approximate surface area is 199 Å². The van der Waals surface area contributed by atoms with Gasteiger partial charge in [-0.3, -0.25) is 24.1 Å². The average Bonchev–Trinajstić information content (AvgIpc) is 3.05. The number of hydrogen-bond donors (Lipinski definition) is 5. The smallest absolute Gasteiger partial charge is 0.312 e. The summed E-state index contributed by atoms with van der Waals surface area (Å²) in [4.78, 5) is 59.7. The Morgan fingerprint density at radius 3 is 2.15 bits per heavy atom. The van der Waals surface area contributed by atoms with Gasteiger partial charge in [0.1, 0.15) is 6.04 Å². The maximum absolute atomic E-state index is 12.8. The van der Waals surface area contributed by atoms with E-state index in [4.69, 9.17) is 18.0 Å². The van der Waals surface area contributed by atoms with Crippen LogP contribution < -0.4 is 27.0 Å². The van der Waals surface area contributed by atoms with Crippen molar-refractivity contribution in [1.29, 1.82) is 0 Å². The summed E-state index contributed by atoms with van der Waals surface area (Å²) in [5, 5.41) is 11.5. The third-order valence-electron chi connectivity index (χ3n) is 5.01. The van der Waals surface area contributed by atoms with E-state index in [9.17, 15) is 24.0 Å². The molecular weight excluding hydrogens is 448 g/mol. The van der Waals surface area contributed by atoms with E-state index in [0.717, 1.165) is 0 Å². The van der Waals surface area contributed by atoms with Gasteiger partial charge in [0.05, 0.1) is 6.04 Å². The summed E-state index contributed by atoms with van der Waals surface area (Å²) in [5.74, 6) is -1.24. The normalized spacial score (nSPS) is 14.7. The average molecular weight is 483 g/mol. The summed E-state index contributed by atoms with van der Waals surface area (Å²) in [6, 6.07) is -1.97. The number of amides is 5. The number of rotatable bonds is 14. The number of thiocarbonyl (C=S) groups is 1. The molecule has 33 heavy (non-hydrogen) atoms. The van der Waals surface area contributed by atoms with Crippen LogP contribution in [0, 0.1) is 5.92 Å². The zero-order valence-corrected chi connectivity index (χ0v) is 20.1. The fraction of sp³-hybridized carbons (Fsp3) is 0.619. The third kappa shape index (κ3) is 10.4. The van der Waals surface area contributed by atoms with Crippen LogP contribution in [0.2, 0.25) is 0 Å². The molecule has 1 aliphatic rings. The lowest BCUT2D eigenvalue weighted by Gasteiger charge is -2.26. The Hall–Kier alpha value is -3.02. The molecule has 0 fully saturated rings. The molecule has 0 aliphatic carbocycles. The van der Waals surface area contributed by atoms with E-state index >= 15 is 0 Å². The topological polar surface area (TPSA) is 163 Å². The van der Waals surface area contributed by atoms with Crippen molar-refractivity contribution in [3.05, 3.63) is 12.2 Å². The molecule has 12 heteroatoms. The monoisotopic (exact) mass is 482 g/mol. The minimum atomic E-state index is -0.678. The number of Topliss-reactive ketones (excluding diaryl/α,β-unsaturated/α-hetero) is 1. The van der Waals surface area contributed by atoms with E-state index in [2.05, 4.69) is 21.3 Å². The Morgan fingerprint density at radius 1 is 1.00 bits per heavy atom. The highest BCUT2D eigenvalue weighted by molar-refractivity contribution is 7.80. The zero-order valence-electron chi connectivity index (χ0n) is 19.3. The van der Waals surface area contributed by atoms with Crippen LogP contribution in [0.5, 0.6) is 0 Å². The molecule has 6 N–H and O–H groups in total. The van der Waals surface area contributed by atoms with Crippen LogP contribution in [0.1, 0.15) is 46.5 Å². The Morgan fingerprint density at radius 2 is 1.61 bits per heavy atom. The molecule has 1 heterocycles. The Kier molecular flexibility index (Phi) is 12.0. The Bertz CT molecular complexity index is 767. The van der Waals surface area contributed by atoms with E-state index in [-0.39, 0.29) is 29.4 Å². The molecule has 0 aromatic rings. The molecule has 11 nitrogen and oxygen atoms in total. The van der Waals surface area contributed by atoms with Crippen molar-refractivity contribution < 1.29 is 24.0 Å². The van der Waals surface area contributed by atoms with Crippen molar-refractivity contribution in [3.8, 4) is 0 Å². The molecule has 0 spiro atoms. The highest BCUT2D eigenvalue weighted by Gasteiger charge is 2.27. The first-order chi connectivity index (χ1) is 15.5. The Balaban J connectivity index is 2.43. The number of unbranched alkanes of at least 4 members (excludes halogenated alkanes) is 1. The van der Waals surface area contributed by atoms with Crippen molar-refractivity contribution in [2.45, 2.75) is 58.5 Å². The molecule has 0 saturated carbocycles. The molecular formula is C21H34N6O5S. The molecule has 184 valence electrons. The maximum atomic E-state index is 12.8. The van der Waals surface area contributed by atoms with Gasteiger partial charge in [-0.05, 0) is 50.7 Å². The molecule has 0 aromatic heterocycles. The number of nitrogens with zero attached hydrogens (tertiary/aromatic N) is 1. The second kappa shape index (κ2) is 14.2. The predicted molar refractivity (Wildman–Crippen MR) is 127 cm³/mol. The van der Waals surface area contributed by atoms with Gasteiger partial charge >= 0.3 is 6.03 Å². The molecule has 0 bridgehead atoms. The minimum absolute atomic E-state index is 0.103. The van der Waals surface area contributed by atoms with Crippen molar-refractivity contribution in [2.75, 3.05) is 19.6 Å². The van der Waals surface area contributed by atoms with E-state index < -0.39 is 18.1 Å². The van der Waals surface area contributed by atoms with Crippen LogP contribution in [-0.2, 0) is 19.2 Å². The zero-order chi connectivity index (χ0) is 25.0. The minimum Gasteiger partial charge on any atom is -0.363 e. The van der Waals surface area contributed by atoms with Gasteiger partial charge in [0, 0.05) is 31.8 Å². The van der Waals surface area contributed by atoms with Crippen LogP contribution in [0.4, 0.5) is 4.79 Å². The summed E-state index contributed by atoms with van der Waals surface area (Å²) in [7, 11) is 0. The molecule has 2 atom stereocenters. The maximum Gasteiger partial charge on any atom is 0.312 e. The van der Waals surface area contributed by atoms with E-state index in [1.807, 2.05) is 13.8 Å². The fourth-order valence-electron chi connectivity index (χ4n) is 3.13. The second-order valence-electron chi connectivity index (χ2n) is 8.10. The van der Waals surface area contributed by atoms with Crippen molar-refractivity contribution in [1.82, 2.24) is 26.2 Å². The number of nitrogens with two attached hydrogens (primary N) is 1. The number of hydrogen-bond acceptors (Lipinski definition) is 6. The predicted octanol–water partition coefficient (Wildman–Crippen LogP) is -0.297. The van der Waals surface area contributed by atoms with Gasteiger partial charge in [-0.15, -0.1) is 0 Å². The number of ketones is 1. The standard InChI is InChI=1S/C21H34N6O5S/c1-13(2)18(19(31)25-15(14(3)28)7-6-11-23-20(22)32)26-21(33)24-10-4-5-12-27-16(29)8-9-17(27)30/h8-9,13,15,18H,4-7,10-12H2,1-3H3,(H,25,31)(H3,22,23,32)(H2,24,26,33)/t15-,18-/m0/s1. The lowest BCUT2D eigenvalue weighted by molar-refractivity contribution is -0.136. The molecule has 5 amide bonds. The lowest BCUT2D eigenvalue weighted by atomic mass is 10.0. The van der Waals surface area contributed by atoms with Gasteiger partial charge in [-0.1, -0.05) is 13.8 Å². The van der Waals surface area contributed by atoms with Gasteiger partial charge in [0.15, 0.2) is 10.9 Å². The van der Waals surface area contributed by atoms with Crippen LogP contribution >= 0.6 is 12.2 Å². The lowest BCUT2D eigenvalue weighted by Crippen LogP contribution is -2.55. The third-order valence-corrected chi connectivity index (χ3v) is 5.27. The first kappa shape index (κ1) is 28.0. The first-order valence-electron chi connectivity index (χ1n) is 10.9. The first-order valence-corrected chi connectivity index (χ1v) is 11.4. The summed E-state index contributed by atoms with van der Waals surface area (Å²) in [6.45, 7) is 6.27. The SMILES string of the molecule is CC(=O)[C@H](CCCNC(N)=O)NC(=O)[C@@H](NC(=S)NCCCCN1C(=O)C=CC1=O)C(C)C.